The van der Waals surface area contributed by atoms with Gasteiger partial charge in [-0.2, -0.15) is 0 Å². The van der Waals surface area contributed by atoms with Gasteiger partial charge in [-0.15, -0.1) is 0 Å². The van der Waals surface area contributed by atoms with Crippen LogP contribution in [0, 0.1) is 5.82 Å². The smallest absolute Gasteiger partial charge is 0.238 e. The summed E-state index contributed by atoms with van der Waals surface area (Å²) in [4.78, 5) is 12.0. The Morgan fingerprint density at radius 1 is 1.12 bits per heavy atom. The third kappa shape index (κ3) is 6.21. The fourth-order valence-electron chi connectivity index (χ4n) is 2.52. The fraction of sp³-hybridized carbons (Fsp3) is 0.278. The molecule has 0 aromatic heterocycles. The highest BCUT2D eigenvalue weighted by molar-refractivity contribution is 7.89. The second kappa shape index (κ2) is 8.88. The molecule has 0 fully saturated rings. The zero-order chi connectivity index (χ0) is 19.2. The van der Waals surface area contributed by atoms with Crippen LogP contribution in [0.2, 0.25) is 0 Å². The molecule has 0 saturated carbocycles. The first-order valence-corrected chi connectivity index (χ1v) is 9.68. The van der Waals surface area contributed by atoms with Crippen LogP contribution in [0.1, 0.15) is 17.5 Å². The van der Waals surface area contributed by atoms with Crippen LogP contribution in [0.4, 0.5) is 4.39 Å². The highest BCUT2D eigenvalue weighted by Gasteiger charge is 2.12. The maximum Gasteiger partial charge on any atom is 0.238 e. The lowest BCUT2D eigenvalue weighted by molar-refractivity contribution is -0.121. The van der Waals surface area contributed by atoms with Crippen LogP contribution in [0.3, 0.4) is 0 Å². The molecular formula is C18H22FN3O3S. The molecule has 0 spiro atoms. The van der Waals surface area contributed by atoms with Gasteiger partial charge in [0.05, 0.1) is 4.90 Å². The highest BCUT2D eigenvalue weighted by Crippen LogP contribution is 2.10. The van der Waals surface area contributed by atoms with E-state index in [-0.39, 0.29) is 29.5 Å². The second-order valence-corrected chi connectivity index (χ2v) is 7.61. The van der Waals surface area contributed by atoms with Crippen molar-refractivity contribution in [3.8, 4) is 0 Å². The number of nitrogens with one attached hydrogen (secondary N) is 1. The normalized spacial score (nSPS) is 12.6. The van der Waals surface area contributed by atoms with Gasteiger partial charge < -0.3 is 11.1 Å². The van der Waals surface area contributed by atoms with Gasteiger partial charge in [0.15, 0.2) is 0 Å². The molecule has 1 amide bonds. The molecule has 0 saturated heterocycles. The number of rotatable bonds is 8. The van der Waals surface area contributed by atoms with E-state index < -0.39 is 16.1 Å². The second-order valence-electron chi connectivity index (χ2n) is 6.05. The van der Waals surface area contributed by atoms with Gasteiger partial charge in [0, 0.05) is 19.0 Å². The van der Waals surface area contributed by atoms with Crippen LogP contribution in [0.15, 0.2) is 53.4 Å². The van der Waals surface area contributed by atoms with Gasteiger partial charge in [0.25, 0.3) is 0 Å². The molecule has 140 valence electrons. The topological polar surface area (TPSA) is 115 Å². The number of hydrogen-bond donors (Lipinski definition) is 3. The maximum absolute atomic E-state index is 13.6. The maximum atomic E-state index is 13.6. The number of halogens is 1. The van der Waals surface area contributed by atoms with E-state index in [1.807, 2.05) is 0 Å². The summed E-state index contributed by atoms with van der Waals surface area (Å²) in [6.07, 6.45) is 0.924. The average molecular weight is 379 g/mol. The minimum absolute atomic E-state index is 0.0457. The summed E-state index contributed by atoms with van der Waals surface area (Å²) >= 11 is 0. The summed E-state index contributed by atoms with van der Waals surface area (Å²) in [6.45, 7) is 0.389. The summed E-state index contributed by atoms with van der Waals surface area (Å²) in [6, 6.07) is 12.0. The van der Waals surface area contributed by atoms with E-state index in [2.05, 4.69) is 5.32 Å². The Bertz CT molecular complexity index is 854. The monoisotopic (exact) mass is 379 g/mol. The van der Waals surface area contributed by atoms with E-state index in [0.717, 1.165) is 5.56 Å². The van der Waals surface area contributed by atoms with Gasteiger partial charge in [-0.05, 0) is 42.2 Å². The molecule has 2 aromatic rings. The number of amides is 1. The van der Waals surface area contributed by atoms with Crippen molar-refractivity contribution in [1.82, 2.24) is 5.32 Å². The van der Waals surface area contributed by atoms with E-state index in [1.165, 1.54) is 18.2 Å². The zero-order valence-corrected chi connectivity index (χ0v) is 15.0. The van der Waals surface area contributed by atoms with Gasteiger partial charge >= 0.3 is 0 Å². The SMILES string of the molecule is N[C@@H](CC(=O)NCCc1ccc(S(N)(=O)=O)cc1)Cc1ccccc1F. The summed E-state index contributed by atoms with van der Waals surface area (Å²) in [5.74, 6) is -0.540. The minimum Gasteiger partial charge on any atom is -0.356 e. The standard InChI is InChI=1S/C18H22FN3O3S/c19-17-4-2-1-3-14(17)11-15(20)12-18(23)22-10-9-13-5-7-16(8-6-13)26(21,24)25/h1-8,15H,9-12,20H2,(H,22,23)(H2,21,24,25)/t15-/m1/s1. The number of carbonyl (C=O) groups is 1. The van der Waals surface area contributed by atoms with Gasteiger partial charge in [0.1, 0.15) is 5.82 Å². The summed E-state index contributed by atoms with van der Waals surface area (Å²) in [5, 5.41) is 7.79. The molecule has 2 rings (SSSR count). The molecule has 0 aliphatic heterocycles. The molecule has 0 unspecified atom stereocenters. The summed E-state index contributed by atoms with van der Waals surface area (Å²) < 4.78 is 36.0. The summed E-state index contributed by atoms with van der Waals surface area (Å²) in [5.41, 5.74) is 7.28. The van der Waals surface area contributed by atoms with E-state index in [0.29, 0.717) is 18.5 Å². The number of sulfonamides is 1. The van der Waals surface area contributed by atoms with Gasteiger partial charge in [-0.25, -0.2) is 17.9 Å². The van der Waals surface area contributed by atoms with Crippen molar-refractivity contribution in [2.24, 2.45) is 10.9 Å². The molecule has 0 bridgehead atoms. The Kier molecular flexibility index (Phi) is 6.84. The Morgan fingerprint density at radius 2 is 1.77 bits per heavy atom. The third-order valence-electron chi connectivity index (χ3n) is 3.88. The van der Waals surface area contributed by atoms with Crippen molar-refractivity contribution < 1.29 is 17.6 Å². The fourth-order valence-corrected chi connectivity index (χ4v) is 3.04. The molecular weight excluding hydrogens is 357 g/mol. The van der Waals surface area contributed by atoms with Gasteiger partial charge in [0.2, 0.25) is 15.9 Å². The molecule has 1 atom stereocenters. The molecule has 5 N–H and O–H groups in total. The lowest BCUT2D eigenvalue weighted by Crippen LogP contribution is -2.34. The molecule has 8 heteroatoms. The molecule has 26 heavy (non-hydrogen) atoms. The number of nitrogens with two attached hydrogens (primary N) is 2. The number of benzene rings is 2. The molecule has 0 heterocycles. The van der Waals surface area contributed by atoms with Crippen LogP contribution in [0.25, 0.3) is 0 Å². The molecule has 0 aliphatic rings. The predicted octanol–water partition coefficient (Wildman–Crippen LogP) is 1.09. The van der Waals surface area contributed by atoms with E-state index in [9.17, 15) is 17.6 Å². The Labute approximate surface area is 152 Å². The Balaban J connectivity index is 1.75. The predicted molar refractivity (Wildman–Crippen MR) is 97.2 cm³/mol. The first kappa shape index (κ1) is 20.0. The van der Waals surface area contributed by atoms with Crippen molar-refractivity contribution in [2.45, 2.75) is 30.2 Å². The highest BCUT2D eigenvalue weighted by atomic mass is 32.2. The van der Waals surface area contributed by atoms with E-state index in [1.54, 1.807) is 30.3 Å². The van der Waals surface area contributed by atoms with Crippen LogP contribution >= 0.6 is 0 Å². The lowest BCUT2D eigenvalue weighted by Gasteiger charge is -2.12. The average Bonchev–Trinajstić information content (AvgIpc) is 2.56. The van der Waals surface area contributed by atoms with Crippen molar-refractivity contribution in [1.29, 1.82) is 0 Å². The van der Waals surface area contributed by atoms with Crippen molar-refractivity contribution in [2.75, 3.05) is 6.54 Å². The lowest BCUT2D eigenvalue weighted by atomic mass is 10.0. The van der Waals surface area contributed by atoms with Gasteiger partial charge in [-0.1, -0.05) is 30.3 Å². The number of carbonyl (C=O) groups excluding carboxylic acids is 1. The van der Waals surface area contributed by atoms with Crippen molar-refractivity contribution in [3.63, 3.8) is 0 Å². The first-order chi connectivity index (χ1) is 12.3. The first-order valence-electron chi connectivity index (χ1n) is 8.13. The number of primary sulfonamides is 1. The minimum atomic E-state index is -3.71. The quantitative estimate of drug-likeness (QED) is 0.637. The number of hydrogen-bond acceptors (Lipinski definition) is 4. The van der Waals surface area contributed by atoms with Gasteiger partial charge in [-0.3, -0.25) is 4.79 Å². The molecule has 0 aliphatic carbocycles. The molecule has 6 nitrogen and oxygen atoms in total. The largest absolute Gasteiger partial charge is 0.356 e. The van der Waals surface area contributed by atoms with E-state index >= 15 is 0 Å². The van der Waals surface area contributed by atoms with Crippen LogP contribution in [-0.2, 0) is 27.7 Å². The summed E-state index contributed by atoms with van der Waals surface area (Å²) in [7, 11) is -3.71. The molecule has 0 radical (unpaired) electrons. The van der Waals surface area contributed by atoms with Crippen LogP contribution in [0.5, 0.6) is 0 Å². The zero-order valence-electron chi connectivity index (χ0n) is 14.2. The Hall–Kier alpha value is -2.29. The third-order valence-corrected chi connectivity index (χ3v) is 4.80. The Morgan fingerprint density at radius 3 is 2.38 bits per heavy atom. The van der Waals surface area contributed by atoms with Crippen LogP contribution < -0.4 is 16.2 Å². The van der Waals surface area contributed by atoms with Crippen molar-refractivity contribution >= 4 is 15.9 Å². The molecule has 2 aromatic carbocycles. The van der Waals surface area contributed by atoms with Crippen LogP contribution in [-0.4, -0.2) is 26.9 Å². The van der Waals surface area contributed by atoms with Crippen molar-refractivity contribution in [3.05, 3.63) is 65.5 Å². The van der Waals surface area contributed by atoms with E-state index in [4.69, 9.17) is 10.9 Å².